The molecule has 1 aromatic carbocycles. The third kappa shape index (κ3) is 4.19. The fraction of sp³-hybridized carbons (Fsp3) is 0.214. The molecule has 0 atom stereocenters. The third-order valence-electron chi connectivity index (χ3n) is 2.77. The molecule has 0 bridgehead atoms. The second-order valence-electron chi connectivity index (χ2n) is 4.45. The van der Waals surface area contributed by atoms with Crippen molar-refractivity contribution in [2.24, 2.45) is 10.7 Å². The lowest BCUT2D eigenvalue weighted by Crippen LogP contribution is -2.22. The van der Waals surface area contributed by atoms with Crippen molar-refractivity contribution in [3.8, 4) is 5.75 Å². The summed E-state index contributed by atoms with van der Waals surface area (Å²) in [5.74, 6) is 0.695. The van der Waals surface area contributed by atoms with Gasteiger partial charge in [0.05, 0.1) is 7.11 Å². The van der Waals surface area contributed by atoms with Crippen LogP contribution in [0.3, 0.4) is 0 Å². The van der Waals surface area contributed by atoms with Gasteiger partial charge < -0.3 is 26.8 Å². The summed E-state index contributed by atoms with van der Waals surface area (Å²) in [7, 11) is 1.48. The van der Waals surface area contributed by atoms with Crippen molar-refractivity contribution in [2.75, 3.05) is 30.0 Å². The van der Waals surface area contributed by atoms with Gasteiger partial charge in [-0.3, -0.25) is 0 Å². The standard InChI is InChI=1S/C14H18FN7O/c1-3-18-12-10(23-2)11(16)20-14(21-12)22-13(17)19-9-6-4-8(15)5-7-9/h4-7H,3H2,1-2H3,(H6,16,17,18,19,20,21,22). The molecule has 6 N–H and O–H groups in total. The van der Waals surface area contributed by atoms with Crippen LogP contribution in [-0.4, -0.2) is 29.6 Å². The van der Waals surface area contributed by atoms with E-state index in [0.29, 0.717) is 23.8 Å². The van der Waals surface area contributed by atoms with Gasteiger partial charge in [0.25, 0.3) is 5.95 Å². The van der Waals surface area contributed by atoms with Gasteiger partial charge >= 0.3 is 0 Å². The Morgan fingerprint density at radius 3 is 2.61 bits per heavy atom. The summed E-state index contributed by atoms with van der Waals surface area (Å²) in [6, 6.07) is 5.68. The van der Waals surface area contributed by atoms with Gasteiger partial charge in [0.1, 0.15) is 5.82 Å². The number of aromatic nitrogens is 2. The number of nitrogens with two attached hydrogens (primary N) is 2. The van der Waals surface area contributed by atoms with Crippen molar-refractivity contribution in [1.29, 1.82) is 0 Å². The van der Waals surface area contributed by atoms with Gasteiger partial charge in [-0.25, -0.2) is 4.39 Å². The Labute approximate surface area is 132 Å². The predicted molar refractivity (Wildman–Crippen MR) is 88.5 cm³/mol. The van der Waals surface area contributed by atoms with Crippen LogP contribution in [0.5, 0.6) is 5.75 Å². The number of benzene rings is 1. The second kappa shape index (κ2) is 7.25. The van der Waals surface area contributed by atoms with E-state index in [4.69, 9.17) is 16.2 Å². The van der Waals surface area contributed by atoms with E-state index in [-0.39, 0.29) is 23.5 Å². The molecule has 0 saturated heterocycles. The van der Waals surface area contributed by atoms with Gasteiger partial charge in [0.2, 0.25) is 11.7 Å². The Kier molecular flexibility index (Phi) is 5.13. The van der Waals surface area contributed by atoms with Crippen LogP contribution >= 0.6 is 0 Å². The molecule has 0 fully saturated rings. The minimum Gasteiger partial charge on any atom is -0.490 e. The number of anilines is 3. The number of rotatable bonds is 5. The summed E-state index contributed by atoms with van der Waals surface area (Å²) in [5, 5.41) is 5.81. The number of ether oxygens (including phenoxy) is 1. The highest BCUT2D eigenvalue weighted by Gasteiger charge is 2.12. The molecule has 2 rings (SSSR count). The van der Waals surface area contributed by atoms with E-state index in [1.807, 2.05) is 6.92 Å². The number of guanidine groups is 1. The molecule has 0 spiro atoms. The highest BCUT2D eigenvalue weighted by molar-refractivity contribution is 5.93. The van der Waals surface area contributed by atoms with Crippen molar-refractivity contribution >= 4 is 29.2 Å². The van der Waals surface area contributed by atoms with E-state index < -0.39 is 0 Å². The number of hydrogen-bond acceptors (Lipinski definition) is 6. The first-order valence-corrected chi connectivity index (χ1v) is 6.85. The molecule has 9 heteroatoms. The molecular weight excluding hydrogens is 301 g/mol. The number of nitrogens with one attached hydrogen (secondary N) is 2. The first kappa shape index (κ1) is 16.3. The minimum atomic E-state index is -0.340. The van der Waals surface area contributed by atoms with Crippen LogP contribution in [0.4, 0.5) is 27.7 Å². The molecule has 0 amide bonds. The average molecular weight is 319 g/mol. The zero-order valence-corrected chi connectivity index (χ0v) is 12.8. The number of halogens is 1. The molecule has 0 aliphatic carbocycles. The molecule has 8 nitrogen and oxygen atoms in total. The van der Waals surface area contributed by atoms with Crippen LogP contribution in [0.2, 0.25) is 0 Å². The van der Waals surface area contributed by atoms with Crippen LogP contribution in [-0.2, 0) is 0 Å². The van der Waals surface area contributed by atoms with Gasteiger partial charge in [-0.15, -0.1) is 0 Å². The largest absolute Gasteiger partial charge is 0.490 e. The van der Waals surface area contributed by atoms with Crippen molar-refractivity contribution < 1.29 is 9.13 Å². The lowest BCUT2D eigenvalue weighted by molar-refractivity contribution is 0.415. The van der Waals surface area contributed by atoms with Crippen LogP contribution in [0.25, 0.3) is 0 Å². The normalized spacial score (nSPS) is 11.2. The maximum atomic E-state index is 12.9. The quantitative estimate of drug-likeness (QED) is 0.488. The molecule has 0 radical (unpaired) electrons. The maximum Gasteiger partial charge on any atom is 0.256 e. The molecule has 2 aromatic rings. The smallest absolute Gasteiger partial charge is 0.256 e. The fourth-order valence-corrected chi connectivity index (χ4v) is 1.81. The Morgan fingerprint density at radius 1 is 1.30 bits per heavy atom. The van der Waals surface area contributed by atoms with E-state index in [2.05, 4.69) is 25.6 Å². The van der Waals surface area contributed by atoms with Crippen LogP contribution < -0.4 is 26.8 Å². The Morgan fingerprint density at radius 2 is 2.00 bits per heavy atom. The van der Waals surface area contributed by atoms with E-state index >= 15 is 0 Å². The van der Waals surface area contributed by atoms with Gasteiger partial charge in [-0.2, -0.15) is 15.0 Å². The van der Waals surface area contributed by atoms with E-state index in [9.17, 15) is 4.39 Å². The van der Waals surface area contributed by atoms with Gasteiger partial charge in [-0.1, -0.05) is 0 Å². The Balaban J connectivity index is 2.24. The summed E-state index contributed by atoms with van der Waals surface area (Å²) in [5.41, 5.74) is 12.2. The van der Waals surface area contributed by atoms with Gasteiger partial charge in [0.15, 0.2) is 11.6 Å². The van der Waals surface area contributed by atoms with E-state index in [1.54, 1.807) is 0 Å². The summed E-state index contributed by atoms with van der Waals surface area (Å²) >= 11 is 0. The molecule has 1 heterocycles. The fourth-order valence-electron chi connectivity index (χ4n) is 1.81. The monoisotopic (exact) mass is 319 g/mol. The van der Waals surface area contributed by atoms with Crippen molar-refractivity contribution in [3.05, 3.63) is 30.1 Å². The summed E-state index contributed by atoms with van der Waals surface area (Å²) in [6.45, 7) is 2.53. The van der Waals surface area contributed by atoms with Crippen molar-refractivity contribution in [2.45, 2.75) is 6.92 Å². The average Bonchev–Trinajstić information content (AvgIpc) is 2.50. The van der Waals surface area contributed by atoms with E-state index in [0.717, 1.165) is 0 Å². The van der Waals surface area contributed by atoms with Crippen molar-refractivity contribution in [1.82, 2.24) is 9.97 Å². The lowest BCUT2D eigenvalue weighted by Gasteiger charge is -2.11. The Bertz CT molecular complexity index is 703. The summed E-state index contributed by atoms with van der Waals surface area (Å²) in [6.07, 6.45) is 0. The molecule has 0 unspecified atom stereocenters. The SMILES string of the molecule is CCNc1nc(/N=C(\N)Nc2ccc(F)cc2)nc(N)c1OC. The number of methoxy groups -OCH3 is 1. The van der Waals surface area contributed by atoms with Crippen LogP contribution in [0.15, 0.2) is 29.3 Å². The topological polar surface area (TPSA) is 123 Å². The summed E-state index contributed by atoms with van der Waals surface area (Å²) < 4.78 is 18.0. The minimum absolute atomic E-state index is 0.0450. The molecule has 0 saturated carbocycles. The Hall–Kier alpha value is -3.10. The zero-order chi connectivity index (χ0) is 16.8. The molecule has 122 valence electrons. The molecular formula is C14H18FN7O. The highest BCUT2D eigenvalue weighted by Crippen LogP contribution is 2.29. The molecule has 23 heavy (non-hydrogen) atoms. The van der Waals surface area contributed by atoms with Gasteiger partial charge in [-0.05, 0) is 31.2 Å². The summed E-state index contributed by atoms with van der Waals surface area (Å²) in [4.78, 5) is 12.3. The zero-order valence-electron chi connectivity index (χ0n) is 12.8. The number of hydrogen-bond donors (Lipinski definition) is 4. The first-order chi connectivity index (χ1) is 11.0. The van der Waals surface area contributed by atoms with Crippen LogP contribution in [0, 0.1) is 5.82 Å². The molecule has 0 aliphatic rings. The first-order valence-electron chi connectivity index (χ1n) is 6.85. The molecule has 1 aromatic heterocycles. The van der Waals surface area contributed by atoms with Crippen LogP contribution in [0.1, 0.15) is 6.92 Å². The lowest BCUT2D eigenvalue weighted by atomic mass is 10.3. The molecule has 0 aliphatic heterocycles. The second-order valence-corrected chi connectivity index (χ2v) is 4.45. The number of nitrogens with zero attached hydrogens (tertiary/aromatic N) is 3. The highest BCUT2D eigenvalue weighted by atomic mass is 19.1. The van der Waals surface area contributed by atoms with Gasteiger partial charge in [0, 0.05) is 12.2 Å². The third-order valence-corrected chi connectivity index (χ3v) is 2.77. The van der Waals surface area contributed by atoms with Crippen molar-refractivity contribution in [3.63, 3.8) is 0 Å². The predicted octanol–water partition coefficient (Wildman–Crippen LogP) is 1.70. The van der Waals surface area contributed by atoms with E-state index in [1.165, 1.54) is 31.4 Å². The maximum absolute atomic E-state index is 12.9. The number of nitrogen functional groups attached to an aromatic ring is 1. The number of aliphatic imine (C=N–C) groups is 1.